The summed E-state index contributed by atoms with van der Waals surface area (Å²) in [6, 6.07) is 7.54. The van der Waals surface area contributed by atoms with Crippen LogP contribution in [0.5, 0.6) is 0 Å². The fraction of sp³-hybridized carbons (Fsp3) is 0.529. The fourth-order valence-electron chi connectivity index (χ4n) is 2.88. The van der Waals surface area contributed by atoms with Crippen molar-refractivity contribution >= 4 is 27.5 Å². The van der Waals surface area contributed by atoms with Crippen molar-refractivity contribution < 1.29 is 13.2 Å². The summed E-state index contributed by atoms with van der Waals surface area (Å²) in [5.74, 6) is -0.695. The summed E-state index contributed by atoms with van der Waals surface area (Å²) in [6.07, 6.45) is 2.60. The van der Waals surface area contributed by atoms with Gasteiger partial charge in [0.15, 0.2) is 0 Å². The standard InChI is InChI=1S/C17H22ClN3O3S/c1-2-4-15(11-19)20-17(22)13-5-3-10-21(12-13)25(23,24)16-8-6-14(18)7-9-16/h6-9,13,15H,2-5,10,12H2,1H3,(H,20,22). The van der Waals surface area contributed by atoms with Gasteiger partial charge in [-0.1, -0.05) is 24.9 Å². The molecule has 1 aliphatic rings. The SMILES string of the molecule is CCCC(C#N)NC(=O)C1CCCN(S(=O)(=O)c2ccc(Cl)cc2)C1. The Morgan fingerprint density at radius 2 is 2.12 bits per heavy atom. The van der Waals surface area contributed by atoms with Crippen molar-refractivity contribution in [3.05, 3.63) is 29.3 Å². The molecule has 1 fully saturated rings. The van der Waals surface area contributed by atoms with Crippen molar-refractivity contribution in [3.63, 3.8) is 0 Å². The van der Waals surface area contributed by atoms with Gasteiger partial charge in [-0.05, 0) is 43.5 Å². The molecule has 2 atom stereocenters. The number of nitrogens with one attached hydrogen (secondary N) is 1. The molecule has 1 amide bonds. The molecule has 1 aromatic carbocycles. The molecule has 0 aromatic heterocycles. The number of nitriles is 1. The lowest BCUT2D eigenvalue weighted by Gasteiger charge is -2.31. The summed E-state index contributed by atoms with van der Waals surface area (Å²) in [5, 5.41) is 12.3. The predicted molar refractivity (Wildman–Crippen MR) is 95.4 cm³/mol. The quantitative estimate of drug-likeness (QED) is 0.817. The van der Waals surface area contributed by atoms with Crippen molar-refractivity contribution in [3.8, 4) is 6.07 Å². The highest BCUT2D eigenvalue weighted by Crippen LogP contribution is 2.25. The minimum absolute atomic E-state index is 0.126. The van der Waals surface area contributed by atoms with Crippen molar-refractivity contribution in [1.29, 1.82) is 5.26 Å². The normalized spacial score (nSPS) is 19.8. The molecule has 1 N–H and O–H groups in total. The monoisotopic (exact) mass is 383 g/mol. The van der Waals surface area contributed by atoms with Gasteiger partial charge in [-0.3, -0.25) is 4.79 Å². The van der Waals surface area contributed by atoms with Gasteiger partial charge in [0.2, 0.25) is 15.9 Å². The molecule has 25 heavy (non-hydrogen) atoms. The number of piperidine rings is 1. The maximum atomic E-state index is 12.7. The molecule has 136 valence electrons. The molecule has 1 aromatic rings. The molecule has 0 radical (unpaired) electrons. The molecule has 0 spiro atoms. The van der Waals surface area contributed by atoms with E-state index in [1.807, 2.05) is 6.92 Å². The highest BCUT2D eigenvalue weighted by atomic mass is 35.5. The Morgan fingerprint density at radius 3 is 2.72 bits per heavy atom. The summed E-state index contributed by atoms with van der Waals surface area (Å²) in [7, 11) is -3.66. The Morgan fingerprint density at radius 1 is 1.44 bits per heavy atom. The molecule has 1 aliphatic heterocycles. The first-order valence-corrected chi connectivity index (χ1v) is 10.2. The topological polar surface area (TPSA) is 90.3 Å². The zero-order valence-electron chi connectivity index (χ0n) is 14.1. The van der Waals surface area contributed by atoms with Crippen LogP contribution in [0.2, 0.25) is 5.02 Å². The highest BCUT2D eigenvalue weighted by Gasteiger charge is 2.33. The molecule has 8 heteroatoms. The van der Waals surface area contributed by atoms with E-state index in [1.54, 1.807) is 0 Å². The number of rotatable bonds is 6. The van der Waals surface area contributed by atoms with Gasteiger partial charge in [-0.2, -0.15) is 9.57 Å². The lowest BCUT2D eigenvalue weighted by atomic mass is 9.98. The van der Waals surface area contributed by atoms with Crippen LogP contribution in [-0.4, -0.2) is 37.8 Å². The molecule has 0 saturated carbocycles. The number of carbonyl (C=O) groups is 1. The molecule has 2 unspecified atom stereocenters. The minimum Gasteiger partial charge on any atom is -0.340 e. The second kappa shape index (κ2) is 8.65. The van der Waals surface area contributed by atoms with Gasteiger partial charge >= 0.3 is 0 Å². The predicted octanol–water partition coefficient (Wildman–Crippen LogP) is 2.55. The Hall–Kier alpha value is -1.62. The van der Waals surface area contributed by atoms with Gasteiger partial charge in [0, 0.05) is 18.1 Å². The second-order valence-corrected chi connectivity index (χ2v) is 8.51. The average molecular weight is 384 g/mol. The zero-order chi connectivity index (χ0) is 18.4. The van der Waals surface area contributed by atoms with Crippen molar-refractivity contribution in [1.82, 2.24) is 9.62 Å². The summed E-state index contributed by atoms with van der Waals surface area (Å²) in [6.45, 7) is 2.45. The lowest BCUT2D eigenvalue weighted by molar-refractivity contribution is -0.126. The minimum atomic E-state index is -3.66. The van der Waals surface area contributed by atoms with E-state index < -0.39 is 22.0 Å². The number of nitrogens with zero attached hydrogens (tertiary/aromatic N) is 2. The Bertz CT molecular complexity index is 743. The van der Waals surface area contributed by atoms with Crippen LogP contribution in [0.25, 0.3) is 0 Å². The van der Waals surface area contributed by atoms with Crippen LogP contribution in [0.4, 0.5) is 0 Å². The largest absolute Gasteiger partial charge is 0.340 e. The highest BCUT2D eigenvalue weighted by molar-refractivity contribution is 7.89. The van der Waals surface area contributed by atoms with Crippen LogP contribution in [0.1, 0.15) is 32.6 Å². The van der Waals surface area contributed by atoms with E-state index in [-0.39, 0.29) is 17.3 Å². The second-order valence-electron chi connectivity index (χ2n) is 6.14. The zero-order valence-corrected chi connectivity index (χ0v) is 15.7. The Balaban J connectivity index is 2.08. The first kappa shape index (κ1) is 19.7. The Kier molecular flexibility index (Phi) is 6.82. The van der Waals surface area contributed by atoms with Gasteiger partial charge in [0.1, 0.15) is 6.04 Å². The van der Waals surface area contributed by atoms with E-state index >= 15 is 0 Å². The van der Waals surface area contributed by atoms with Crippen LogP contribution >= 0.6 is 11.6 Å². The molecule has 1 heterocycles. The molecular formula is C17H22ClN3O3S. The summed E-state index contributed by atoms with van der Waals surface area (Å²) < 4.78 is 26.8. The van der Waals surface area contributed by atoms with Crippen LogP contribution in [0.15, 0.2) is 29.2 Å². The van der Waals surface area contributed by atoms with Crippen LogP contribution < -0.4 is 5.32 Å². The van der Waals surface area contributed by atoms with E-state index in [0.717, 1.165) is 6.42 Å². The van der Waals surface area contributed by atoms with Gasteiger partial charge in [0.05, 0.1) is 16.9 Å². The third kappa shape index (κ3) is 4.94. The number of sulfonamides is 1. The van der Waals surface area contributed by atoms with Crippen molar-refractivity contribution in [2.24, 2.45) is 5.92 Å². The third-order valence-electron chi connectivity index (χ3n) is 4.26. The summed E-state index contributed by atoms with van der Waals surface area (Å²) in [5.41, 5.74) is 0. The maximum Gasteiger partial charge on any atom is 0.243 e. The number of halogens is 1. The molecule has 1 saturated heterocycles. The number of benzene rings is 1. The third-order valence-corrected chi connectivity index (χ3v) is 6.39. The van der Waals surface area contributed by atoms with Gasteiger partial charge in [0.25, 0.3) is 0 Å². The summed E-state index contributed by atoms with van der Waals surface area (Å²) >= 11 is 5.81. The van der Waals surface area contributed by atoms with Gasteiger partial charge < -0.3 is 5.32 Å². The summed E-state index contributed by atoms with van der Waals surface area (Å²) in [4.78, 5) is 12.6. The average Bonchev–Trinajstić information content (AvgIpc) is 2.61. The van der Waals surface area contributed by atoms with Crippen LogP contribution in [0.3, 0.4) is 0 Å². The first-order chi connectivity index (χ1) is 11.9. The first-order valence-electron chi connectivity index (χ1n) is 8.34. The Labute approximate surface area is 153 Å². The van der Waals surface area contributed by atoms with Crippen molar-refractivity contribution in [2.45, 2.75) is 43.5 Å². The molecule has 2 rings (SSSR count). The van der Waals surface area contributed by atoms with Crippen LogP contribution in [-0.2, 0) is 14.8 Å². The number of amides is 1. The lowest BCUT2D eigenvalue weighted by Crippen LogP contribution is -2.47. The van der Waals surface area contributed by atoms with E-state index in [2.05, 4.69) is 11.4 Å². The molecule has 0 aliphatic carbocycles. The van der Waals surface area contributed by atoms with Crippen LogP contribution in [0, 0.1) is 17.2 Å². The fourth-order valence-corrected chi connectivity index (χ4v) is 4.53. The van der Waals surface area contributed by atoms with E-state index in [1.165, 1.54) is 28.6 Å². The number of hydrogen-bond donors (Lipinski definition) is 1. The van der Waals surface area contributed by atoms with E-state index in [4.69, 9.17) is 16.9 Å². The maximum absolute atomic E-state index is 12.7. The van der Waals surface area contributed by atoms with E-state index in [0.29, 0.717) is 30.8 Å². The number of carbonyl (C=O) groups excluding carboxylic acids is 1. The molecule has 0 bridgehead atoms. The smallest absolute Gasteiger partial charge is 0.243 e. The van der Waals surface area contributed by atoms with E-state index in [9.17, 15) is 13.2 Å². The number of hydrogen-bond acceptors (Lipinski definition) is 4. The van der Waals surface area contributed by atoms with Gasteiger partial charge in [-0.25, -0.2) is 8.42 Å². The molecular weight excluding hydrogens is 362 g/mol. The van der Waals surface area contributed by atoms with Crippen molar-refractivity contribution in [2.75, 3.05) is 13.1 Å². The van der Waals surface area contributed by atoms with Gasteiger partial charge in [-0.15, -0.1) is 0 Å². The molecule has 6 nitrogen and oxygen atoms in total.